The van der Waals surface area contributed by atoms with Crippen LogP contribution in [0.1, 0.15) is 12.8 Å². The van der Waals surface area contributed by atoms with Crippen LogP contribution in [0.15, 0.2) is 47.4 Å². The van der Waals surface area contributed by atoms with Gasteiger partial charge in [0, 0.05) is 19.0 Å². The Bertz CT molecular complexity index is 1010. The number of ether oxygens (including phenoxy) is 1. The summed E-state index contributed by atoms with van der Waals surface area (Å²) >= 11 is 0. The van der Waals surface area contributed by atoms with E-state index in [1.165, 1.54) is 30.2 Å². The summed E-state index contributed by atoms with van der Waals surface area (Å²) in [6, 6.07) is 9.91. The number of para-hydroxylation sites is 2. The lowest BCUT2D eigenvalue weighted by Crippen LogP contribution is -2.25. The molecular formula is C17H17N3O6S. The van der Waals surface area contributed by atoms with Crippen LogP contribution in [0, 0.1) is 10.1 Å². The predicted molar refractivity (Wildman–Crippen MR) is 98.5 cm³/mol. The molecule has 2 aromatic rings. The molecule has 1 heterocycles. The van der Waals surface area contributed by atoms with Crippen LogP contribution in [0.3, 0.4) is 0 Å². The quantitative estimate of drug-likeness (QED) is 0.597. The van der Waals surface area contributed by atoms with Crippen molar-refractivity contribution in [3.05, 3.63) is 52.6 Å². The van der Waals surface area contributed by atoms with Crippen LogP contribution in [-0.2, 0) is 14.8 Å². The molecule has 1 saturated heterocycles. The van der Waals surface area contributed by atoms with Gasteiger partial charge in [0.25, 0.3) is 10.0 Å². The number of hydrogen-bond donors (Lipinski definition) is 1. The molecule has 0 bridgehead atoms. The second-order valence-corrected chi connectivity index (χ2v) is 7.54. The maximum absolute atomic E-state index is 12.7. The van der Waals surface area contributed by atoms with Crippen LogP contribution < -0.4 is 14.4 Å². The van der Waals surface area contributed by atoms with Gasteiger partial charge in [-0.05, 0) is 30.7 Å². The van der Waals surface area contributed by atoms with Crippen LogP contribution in [0.25, 0.3) is 0 Å². The highest BCUT2D eigenvalue weighted by molar-refractivity contribution is 7.92. The summed E-state index contributed by atoms with van der Waals surface area (Å²) in [5, 5.41) is 11.1. The number of anilines is 2. The minimum absolute atomic E-state index is 0.0398. The lowest BCUT2D eigenvalue weighted by Gasteiger charge is -2.20. The number of hydrogen-bond acceptors (Lipinski definition) is 6. The fourth-order valence-electron chi connectivity index (χ4n) is 2.88. The van der Waals surface area contributed by atoms with Gasteiger partial charge in [-0.2, -0.15) is 0 Å². The zero-order chi connectivity index (χ0) is 19.6. The van der Waals surface area contributed by atoms with Gasteiger partial charge in [-0.1, -0.05) is 12.1 Å². The third-order valence-electron chi connectivity index (χ3n) is 4.17. The van der Waals surface area contributed by atoms with Crippen molar-refractivity contribution in [2.24, 2.45) is 0 Å². The molecular weight excluding hydrogens is 374 g/mol. The number of carbonyl (C=O) groups is 1. The molecule has 0 aliphatic carbocycles. The molecule has 0 aromatic heterocycles. The van der Waals surface area contributed by atoms with Crippen LogP contribution in [0.4, 0.5) is 17.1 Å². The average Bonchev–Trinajstić information content (AvgIpc) is 3.07. The van der Waals surface area contributed by atoms with E-state index in [1.807, 2.05) is 0 Å². The first kappa shape index (κ1) is 18.6. The van der Waals surface area contributed by atoms with E-state index < -0.39 is 20.6 Å². The van der Waals surface area contributed by atoms with E-state index in [4.69, 9.17) is 4.74 Å². The fraction of sp³-hybridized carbons (Fsp3) is 0.235. The summed E-state index contributed by atoms with van der Waals surface area (Å²) in [5.74, 6) is -0.122. The molecule has 1 aliphatic rings. The number of amides is 1. The Morgan fingerprint density at radius 1 is 1.22 bits per heavy atom. The first-order valence-corrected chi connectivity index (χ1v) is 9.56. The number of nitro groups is 1. The summed E-state index contributed by atoms with van der Waals surface area (Å²) in [6.45, 7) is 0.506. The number of nitrogens with zero attached hydrogens (tertiary/aromatic N) is 2. The molecule has 1 aliphatic heterocycles. The van der Waals surface area contributed by atoms with Crippen molar-refractivity contribution >= 4 is 33.0 Å². The van der Waals surface area contributed by atoms with Gasteiger partial charge in [-0.3, -0.25) is 19.6 Å². The van der Waals surface area contributed by atoms with Crippen LogP contribution in [0.5, 0.6) is 5.75 Å². The second kappa shape index (κ2) is 7.23. The molecule has 1 N–H and O–H groups in total. The van der Waals surface area contributed by atoms with E-state index in [0.717, 1.165) is 6.07 Å². The van der Waals surface area contributed by atoms with E-state index >= 15 is 0 Å². The van der Waals surface area contributed by atoms with Gasteiger partial charge in [-0.15, -0.1) is 0 Å². The Kier molecular flexibility index (Phi) is 5.00. The number of benzene rings is 2. The molecule has 3 rings (SSSR count). The van der Waals surface area contributed by atoms with Gasteiger partial charge in [0.1, 0.15) is 0 Å². The van der Waals surface area contributed by atoms with Gasteiger partial charge < -0.3 is 9.64 Å². The van der Waals surface area contributed by atoms with Crippen molar-refractivity contribution in [3.8, 4) is 5.75 Å². The van der Waals surface area contributed by atoms with Gasteiger partial charge in [-0.25, -0.2) is 8.42 Å². The van der Waals surface area contributed by atoms with Crippen molar-refractivity contribution in [1.29, 1.82) is 0 Å². The second-order valence-electron chi connectivity index (χ2n) is 5.86. The molecule has 9 nitrogen and oxygen atoms in total. The monoisotopic (exact) mass is 391 g/mol. The highest BCUT2D eigenvalue weighted by Gasteiger charge is 2.27. The molecule has 1 amide bonds. The maximum atomic E-state index is 12.7. The molecule has 10 heteroatoms. The van der Waals surface area contributed by atoms with Crippen molar-refractivity contribution in [2.75, 3.05) is 23.3 Å². The van der Waals surface area contributed by atoms with Gasteiger partial charge in [0.05, 0.1) is 28.3 Å². The molecule has 0 spiro atoms. The minimum atomic E-state index is -4.11. The zero-order valence-corrected chi connectivity index (χ0v) is 15.2. The average molecular weight is 391 g/mol. The Hall–Kier alpha value is -3.14. The Balaban J connectivity index is 1.98. The predicted octanol–water partition coefficient (Wildman–Crippen LogP) is 2.53. The summed E-state index contributed by atoms with van der Waals surface area (Å²) in [4.78, 5) is 23.7. The SMILES string of the molecule is COc1ccc(S(=O)(=O)Nc2ccccc2N2CCCC2=O)cc1[N+](=O)[O-]. The summed E-state index contributed by atoms with van der Waals surface area (Å²) in [6.07, 6.45) is 1.11. The fourth-order valence-corrected chi connectivity index (χ4v) is 3.98. The summed E-state index contributed by atoms with van der Waals surface area (Å²) in [7, 11) is -2.85. The molecule has 2 aromatic carbocycles. The zero-order valence-electron chi connectivity index (χ0n) is 14.4. The van der Waals surface area contributed by atoms with Crippen molar-refractivity contribution in [3.63, 3.8) is 0 Å². The molecule has 0 saturated carbocycles. The lowest BCUT2D eigenvalue weighted by molar-refractivity contribution is -0.386. The lowest BCUT2D eigenvalue weighted by atomic mass is 10.2. The number of sulfonamides is 1. The van der Waals surface area contributed by atoms with E-state index in [2.05, 4.69) is 4.72 Å². The first-order valence-electron chi connectivity index (χ1n) is 8.08. The highest BCUT2D eigenvalue weighted by Crippen LogP contribution is 2.33. The third-order valence-corrected chi connectivity index (χ3v) is 5.53. The summed E-state index contributed by atoms with van der Waals surface area (Å²) < 4.78 is 32.8. The number of carbonyl (C=O) groups excluding carboxylic acids is 1. The smallest absolute Gasteiger partial charge is 0.312 e. The highest BCUT2D eigenvalue weighted by atomic mass is 32.2. The molecule has 27 heavy (non-hydrogen) atoms. The van der Waals surface area contributed by atoms with Gasteiger partial charge in [0.2, 0.25) is 5.91 Å². The molecule has 142 valence electrons. The van der Waals surface area contributed by atoms with E-state index in [-0.39, 0.29) is 22.2 Å². The first-order chi connectivity index (χ1) is 12.8. The number of rotatable bonds is 6. The minimum Gasteiger partial charge on any atom is -0.490 e. The van der Waals surface area contributed by atoms with Crippen molar-refractivity contribution < 1.29 is 22.9 Å². The van der Waals surface area contributed by atoms with Crippen molar-refractivity contribution in [1.82, 2.24) is 0 Å². The largest absolute Gasteiger partial charge is 0.490 e. The van der Waals surface area contributed by atoms with E-state index in [1.54, 1.807) is 18.2 Å². The molecule has 0 atom stereocenters. The maximum Gasteiger partial charge on any atom is 0.312 e. The van der Waals surface area contributed by atoms with E-state index in [9.17, 15) is 23.3 Å². The van der Waals surface area contributed by atoms with Crippen LogP contribution >= 0.6 is 0 Å². The third kappa shape index (κ3) is 3.70. The molecule has 1 fully saturated rings. The number of nitro benzene ring substituents is 1. The Morgan fingerprint density at radius 3 is 2.59 bits per heavy atom. The summed E-state index contributed by atoms with van der Waals surface area (Å²) in [5.41, 5.74) is 0.223. The molecule has 0 radical (unpaired) electrons. The topological polar surface area (TPSA) is 119 Å². The van der Waals surface area contributed by atoms with Gasteiger partial charge >= 0.3 is 5.69 Å². The number of nitrogens with one attached hydrogen (secondary N) is 1. The molecule has 0 unspecified atom stereocenters. The van der Waals surface area contributed by atoms with Crippen LogP contribution in [0.2, 0.25) is 0 Å². The van der Waals surface area contributed by atoms with Crippen molar-refractivity contribution in [2.45, 2.75) is 17.7 Å². The Labute approximate surface area is 155 Å². The normalized spacial score (nSPS) is 14.3. The van der Waals surface area contributed by atoms with Gasteiger partial charge in [0.15, 0.2) is 5.75 Å². The number of methoxy groups -OCH3 is 1. The van der Waals surface area contributed by atoms with Crippen LogP contribution in [-0.4, -0.2) is 32.9 Å². The standard InChI is InChI=1S/C17H17N3O6S/c1-26-16-9-8-12(11-15(16)20(22)23)27(24,25)18-13-5-2-3-6-14(13)19-10-4-7-17(19)21/h2-3,5-6,8-9,11,18H,4,7,10H2,1H3. The van der Waals surface area contributed by atoms with E-state index in [0.29, 0.717) is 25.1 Å². The Morgan fingerprint density at radius 2 is 1.96 bits per heavy atom.